The number of nitrogens with one attached hydrogen (secondary N) is 2. The van der Waals surface area contributed by atoms with Crippen LogP contribution in [0.4, 0.5) is 4.79 Å². The Kier molecular flexibility index (Phi) is 7.52. The number of carbonyl (C=O) groups is 3. The molecule has 1 aliphatic rings. The highest BCUT2D eigenvalue weighted by atomic mass is 16.5. The fraction of sp³-hybridized carbons (Fsp3) is 0.769. The number of urea groups is 1. The second kappa shape index (κ2) is 9.17. The topological polar surface area (TPSA) is 125 Å². The molecule has 8 heteroatoms. The lowest BCUT2D eigenvalue weighted by molar-refractivity contribution is -0.140. The van der Waals surface area contributed by atoms with Gasteiger partial charge in [-0.25, -0.2) is 9.59 Å². The zero-order chi connectivity index (χ0) is 15.7. The Hall–Kier alpha value is -1.83. The number of ether oxygens (including phenoxy) is 1. The maximum atomic E-state index is 11.6. The van der Waals surface area contributed by atoms with Crippen LogP contribution in [-0.4, -0.2) is 53.5 Å². The van der Waals surface area contributed by atoms with Gasteiger partial charge in [-0.15, -0.1) is 0 Å². The van der Waals surface area contributed by atoms with E-state index in [1.807, 2.05) is 0 Å². The van der Waals surface area contributed by atoms with Gasteiger partial charge in [-0.05, 0) is 32.1 Å². The van der Waals surface area contributed by atoms with E-state index in [-0.39, 0.29) is 25.4 Å². The molecule has 0 aromatic carbocycles. The third kappa shape index (κ3) is 7.50. The van der Waals surface area contributed by atoms with E-state index in [2.05, 4.69) is 10.6 Å². The molecule has 4 N–H and O–H groups in total. The summed E-state index contributed by atoms with van der Waals surface area (Å²) in [4.78, 5) is 33.0. The van der Waals surface area contributed by atoms with Crippen molar-refractivity contribution < 1.29 is 29.3 Å². The fourth-order valence-electron chi connectivity index (χ4n) is 2.14. The standard InChI is InChI=1S/C13H22N2O6/c16-11(17)5-1-4-10(12(18)19)15-13(20)14-7-6-9-3-2-8-21-9/h9-10H,1-8H2,(H,16,17)(H,18,19)(H2,14,15,20)/t9?,10-/m1/s1. The summed E-state index contributed by atoms with van der Waals surface area (Å²) < 4.78 is 5.41. The van der Waals surface area contributed by atoms with Crippen molar-refractivity contribution in [3.05, 3.63) is 0 Å². The third-order valence-electron chi connectivity index (χ3n) is 3.26. The molecule has 21 heavy (non-hydrogen) atoms. The van der Waals surface area contributed by atoms with Crippen molar-refractivity contribution in [2.45, 2.75) is 50.7 Å². The minimum atomic E-state index is -1.17. The number of carboxylic acid groups (broad SMARTS) is 2. The Morgan fingerprint density at radius 3 is 2.62 bits per heavy atom. The van der Waals surface area contributed by atoms with Crippen LogP contribution in [0.1, 0.15) is 38.5 Å². The number of carbonyl (C=O) groups excluding carboxylic acids is 1. The van der Waals surface area contributed by atoms with Gasteiger partial charge in [0, 0.05) is 19.6 Å². The predicted molar refractivity (Wildman–Crippen MR) is 73.0 cm³/mol. The average molecular weight is 302 g/mol. The van der Waals surface area contributed by atoms with Gasteiger partial charge in [-0.1, -0.05) is 0 Å². The molecule has 0 bridgehead atoms. The van der Waals surface area contributed by atoms with Crippen molar-refractivity contribution in [1.29, 1.82) is 0 Å². The summed E-state index contributed by atoms with van der Waals surface area (Å²) >= 11 is 0. The van der Waals surface area contributed by atoms with Crippen LogP contribution in [0.5, 0.6) is 0 Å². The first-order valence-corrected chi connectivity index (χ1v) is 7.09. The Balaban J connectivity index is 2.21. The van der Waals surface area contributed by atoms with Gasteiger partial charge in [0.05, 0.1) is 6.10 Å². The number of hydrogen-bond acceptors (Lipinski definition) is 4. The molecule has 1 heterocycles. The summed E-state index contributed by atoms with van der Waals surface area (Å²) in [6, 6.07) is -1.64. The van der Waals surface area contributed by atoms with Crippen LogP contribution in [-0.2, 0) is 14.3 Å². The van der Waals surface area contributed by atoms with Gasteiger partial charge in [0.25, 0.3) is 0 Å². The summed E-state index contributed by atoms with van der Waals surface area (Å²) in [5, 5.41) is 22.4. The van der Waals surface area contributed by atoms with E-state index in [9.17, 15) is 14.4 Å². The molecule has 0 radical (unpaired) electrons. The van der Waals surface area contributed by atoms with Gasteiger partial charge in [0.2, 0.25) is 0 Å². The van der Waals surface area contributed by atoms with Crippen LogP contribution in [0, 0.1) is 0 Å². The Morgan fingerprint density at radius 1 is 1.29 bits per heavy atom. The second-order valence-electron chi connectivity index (χ2n) is 5.00. The van der Waals surface area contributed by atoms with Crippen LogP contribution >= 0.6 is 0 Å². The van der Waals surface area contributed by atoms with Crippen LogP contribution in [0.3, 0.4) is 0 Å². The Bertz CT molecular complexity index is 368. The smallest absolute Gasteiger partial charge is 0.326 e. The number of aliphatic carboxylic acids is 2. The SMILES string of the molecule is O=C(O)CCC[C@@H](NC(=O)NCCC1CCCO1)C(=O)O. The van der Waals surface area contributed by atoms with Crippen molar-refractivity contribution in [3.8, 4) is 0 Å². The van der Waals surface area contributed by atoms with E-state index in [1.165, 1.54) is 0 Å². The quantitative estimate of drug-likeness (QED) is 0.493. The summed E-state index contributed by atoms with van der Waals surface area (Å²) in [5.74, 6) is -2.16. The van der Waals surface area contributed by atoms with Gasteiger partial charge in [0.1, 0.15) is 6.04 Å². The monoisotopic (exact) mass is 302 g/mol. The molecule has 0 spiro atoms. The van der Waals surface area contributed by atoms with Crippen molar-refractivity contribution in [2.24, 2.45) is 0 Å². The molecule has 1 aliphatic heterocycles. The van der Waals surface area contributed by atoms with Gasteiger partial charge in [0.15, 0.2) is 0 Å². The molecule has 0 saturated carbocycles. The first-order valence-electron chi connectivity index (χ1n) is 7.09. The van der Waals surface area contributed by atoms with E-state index in [4.69, 9.17) is 14.9 Å². The molecule has 0 aliphatic carbocycles. The van der Waals surface area contributed by atoms with E-state index in [1.54, 1.807) is 0 Å². The van der Waals surface area contributed by atoms with Crippen molar-refractivity contribution in [1.82, 2.24) is 10.6 Å². The van der Waals surface area contributed by atoms with Gasteiger partial charge < -0.3 is 25.6 Å². The number of carboxylic acids is 2. The van der Waals surface area contributed by atoms with Gasteiger partial charge in [-0.2, -0.15) is 0 Å². The zero-order valence-corrected chi connectivity index (χ0v) is 11.8. The van der Waals surface area contributed by atoms with Crippen molar-refractivity contribution >= 4 is 18.0 Å². The lowest BCUT2D eigenvalue weighted by Crippen LogP contribution is -2.46. The minimum absolute atomic E-state index is 0.0841. The normalized spacial score (nSPS) is 19.0. The lowest BCUT2D eigenvalue weighted by atomic mass is 10.1. The van der Waals surface area contributed by atoms with Gasteiger partial charge >= 0.3 is 18.0 Å². The molecule has 0 aromatic heterocycles. The molecule has 2 amide bonds. The highest BCUT2D eigenvalue weighted by Gasteiger charge is 2.20. The van der Waals surface area contributed by atoms with Crippen LogP contribution in [0.2, 0.25) is 0 Å². The fourth-order valence-corrected chi connectivity index (χ4v) is 2.14. The maximum Gasteiger partial charge on any atom is 0.326 e. The molecular formula is C13H22N2O6. The number of amides is 2. The van der Waals surface area contributed by atoms with E-state index < -0.39 is 24.0 Å². The molecule has 2 atom stereocenters. The summed E-state index contributed by atoms with van der Waals surface area (Å²) in [7, 11) is 0. The van der Waals surface area contributed by atoms with Crippen LogP contribution in [0.15, 0.2) is 0 Å². The molecule has 8 nitrogen and oxygen atoms in total. The Morgan fingerprint density at radius 2 is 2.05 bits per heavy atom. The molecule has 120 valence electrons. The van der Waals surface area contributed by atoms with E-state index in [0.717, 1.165) is 19.4 Å². The highest BCUT2D eigenvalue weighted by Crippen LogP contribution is 2.14. The number of rotatable bonds is 9. The third-order valence-corrected chi connectivity index (χ3v) is 3.26. The molecule has 0 aromatic rings. The second-order valence-corrected chi connectivity index (χ2v) is 5.00. The Labute approximate surface area is 122 Å². The van der Waals surface area contributed by atoms with Crippen molar-refractivity contribution in [2.75, 3.05) is 13.2 Å². The van der Waals surface area contributed by atoms with Crippen LogP contribution < -0.4 is 10.6 Å². The van der Waals surface area contributed by atoms with Gasteiger partial charge in [-0.3, -0.25) is 4.79 Å². The first kappa shape index (κ1) is 17.2. The largest absolute Gasteiger partial charge is 0.481 e. The molecule has 1 saturated heterocycles. The average Bonchev–Trinajstić information content (AvgIpc) is 2.90. The zero-order valence-electron chi connectivity index (χ0n) is 11.8. The van der Waals surface area contributed by atoms with E-state index in [0.29, 0.717) is 13.0 Å². The predicted octanol–water partition coefficient (Wildman–Crippen LogP) is 0.563. The highest BCUT2D eigenvalue weighted by molar-refractivity contribution is 5.82. The van der Waals surface area contributed by atoms with E-state index >= 15 is 0 Å². The number of hydrogen-bond donors (Lipinski definition) is 4. The molecular weight excluding hydrogens is 280 g/mol. The summed E-state index contributed by atoms with van der Waals surface area (Å²) in [6.45, 7) is 1.17. The lowest BCUT2D eigenvalue weighted by Gasteiger charge is -2.15. The molecule has 1 rings (SSSR count). The first-order chi connectivity index (χ1) is 9.99. The summed E-state index contributed by atoms with van der Waals surface area (Å²) in [6.07, 6.45) is 3.04. The maximum absolute atomic E-state index is 11.6. The van der Waals surface area contributed by atoms with Crippen LogP contribution in [0.25, 0.3) is 0 Å². The molecule has 1 fully saturated rings. The molecule has 1 unspecified atom stereocenters. The minimum Gasteiger partial charge on any atom is -0.481 e. The van der Waals surface area contributed by atoms with Crippen molar-refractivity contribution in [3.63, 3.8) is 0 Å². The summed E-state index contributed by atoms with van der Waals surface area (Å²) in [5.41, 5.74) is 0.